The summed E-state index contributed by atoms with van der Waals surface area (Å²) in [7, 11) is 1.48. The Morgan fingerprint density at radius 3 is 2.89 bits per heavy atom. The Labute approximate surface area is 105 Å². The van der Waals surface area contributed by atoms with Crippen LogP contribution in [0.1, 0.15) is 5.82 Å². The summed E-state index contributed by atoms with van der Waals surface area (Å²) in [6.07, 6.45) is 1.62. The molecule has 0 aliphatic rings. The number of aromatic nitrogens is 3. The fraction of sp³-hybridized carbons (Fsp3) is 0.250. The van der Waals surface area contributed by atoms with E-state index in [1.54, 1.807) is 6.33 Å². The van der Waals surface area contributed by atoms with E-state index < -0.39 is 0 Å². The standard InChI is InChI=1S/C12H14N4O2/c1-18-8-12(17)13-7-11-15-14-9-16(11)10-5-3-2-4-6-10/h2-6,9H,7-8H2,1H3,(H,13,17). The van der Waals surface area contributed by atoms with E-state index in [0.29, 0.717) is 12.4 Å². The van der Waals surface area contributed by atoms with Gasteiger partial charge in [0.25, 0.3) is 0 Å². The predicted octanol–water partition coefficient (Wildman–Crippen LogP) is 0.530. The van der Waals surface area contributed by atoms with Gasteiger partial charge in [-0.2, -0.15) is 0 Å². The number of methoxy groups -OCH3 is 1. The molecule has 0 unspecified atom stereocenters. The van der Waals surface area contributed by atoms with E-state index >= 15 is 0 Å². The first-order valence-corrected chi connectivity index (χ1v) is 5.51. The Bertz CT molecular complexity index is 510. The maximum Gasteiger partial charge on any atom is 0.246 e. The minimum absolute atomic E-state index is 0.0411. The normalized spacial score (nSPS) is 10.3. The average molecular weight is 246 g/mol. The molecule has 0 aliphatic heterocycles. The minimum atomic E-state index is -0.180. The topological polar surface area (TPSA) is 69.0 Å². The van der Waals surface area contributed by atoms with Gasteiger partial charge in [-0.1, -0.05) is 18.2 Å². The zero-order chi connectivity index (χ0) is 12.8. The summed E-state index contributed by atoms with van der Waals surface area (Å²) in [6, 6.07) is 9.70. The van der Waals surface area contributed by atoms with Gasteiger partial charge < -0.3 is 10.1 Å². The highest BCUT2D eigenvalue weighted by atomic mass is 16.5. The second kappa shape index (κ2) is 5.92. The van der Waals surface area contributed by atoms with Crippen LogP contribution in [0.2, 0.25) is 0 Å². The fourth-order valence-electron chi connectivity index (χ4n) is 1.54. The van der Waals surface area contributed by atoms with Crippen molar-refractivity contribution in [2.75, 3.05) is 13.7 Å². The monoisotopic (exact) mass is 246 g/mol. The Balaban J connectivity index is 2.07. The van der Waals surface area contributed by atoms with Crippen molar-refractivity contribution >= 4 is 5.91 Å². The van der Waals surface area contributed by atoms with Crippen LogP contribution in [0.5, 0.6) is 0 Å². The summed E-state index contributed by atoms with van der Waals surface area (Å²) in [5, 5.41) is 10.5. The molecule has 1 N–H and O–H groups in total. The molecule has 1 aromatic heterocycles. The van der Waals surface area contributed by atoms with Gasteiger partial charge in [-0.25, -0.2) is 0 Å². The van der Waals surface area contributed by atoms with E-state index in [-0.39, 0.29) is 12.5 Å². The van der Waals surface area contributed by atoms with Crippen molar-refractivity contribution in [2.24, 2.45) is 0 Å². The highest BCUT2D eigenvalue weighted by Gasteiger charge is 2.07. The molecule has 0 saturated carbocycles. The number of benzene rings is 1. The molecule has 0 aliphatic carbocycles. The van der Waals surface area contributed by atoms with E-state index in [2.05, 4.69) is 15.5 Å². The molecule has 0 atom stereocenters. The first-order valence-electron chi connectivity index (χ1n) is 5.51. The maximum absolute atomic E-state index is 11.3. The number of para-hydroxylation sites is 1. The van der Waals surface area contributed by atoms with Crippen molar-refractivity contribution in [2.45, 2.75) is 6.54 Å². The Morgan fingerprint density at radius 1 is 1.39 bits per heavy atom. The van der Waals surface area contributed by atoms with Crippen LogP contribution >= 0.6 is 0 Å². The van der Waals surface area contributed by atoms with E-state index in [0.717, 1.165) is 5.69 Å². The summed E-state index contributed by atoms with van der Waals surface area (Å²) in [6.45, 7) is 0.358. The van der Waals surface area contributed by atoms with Crippen molar-refractivity contribution in [1.82, 2.24) is 20.1 Å². The molecule has 18 heavy (non-hydrogen) atoms. The lowest BCUT2D eigenvalue weighted by Gasteiger charge is -2.07. The van der Waals surface area contributed by atoms with Gasteiger partial charge >= 0.3 is 0 Å². The van der Waals surface area contributed by atoms with Crippen molar-refractivity contribution in [3.63, 3.8) is 0 Å². The van der Waals surface area contributed by atoms with Crippen LogP contribution in [0.15, 0.2) is 36.7 Å². The molecule has 0 fully saturated rings. The lowest BCUT2D eigenvalue weighted by Crippen LogP contribution is -2.27. The largest absolute Gasteiger partial charge is 0.375 e. The Morgan fingerprint density at radius 2 is 2.17 bits per heavy atom. The van der Waals surface area contributed by atoms with Crippen LogP contribution in [0, 0.1) is 0 Å². The molecule has 0 spiro atoms. The van der Waals surface area contributed by atoms with Crippen LogP contribution in [0.3, 0.4) is 0 Å². The molecule has 1 aromatic carbocycles. The number of hydrogen-bond acceptors (Lipinski definition) is 4. The van der Waals surface area contributed by atoms with E-state index in [1.165, 1.54) is 7.11 Å². The number of nitrogens with zero attached hydrogens (tertiary/aromatic N) is 3. The summed E-state index contributed by atoms with van der Waals surface area (Å²) in [5.41, 5.74) is 0.957. The zero-order valence-corrected chi connectivity index (χ0v) is 10.0. The third-order valence-electron chi connectivity index (χ3n) is 2.37. The minimum Gasteiger partial charge on any atom is -0.375 e. The molecule has 2 aromatic rings. The van der Waals surface area contributed by atoms with Crippen molar-refractivity contribution < 1.29 is 9.53 Å². The maximum atomic E-state index is 11.3. The molecule has 0 radical (unpaired) electrons. The second-order valence-electron chi connectivity index (χ2n) is 3.66. The quantitative estimate of drug-likeness (QED) is 0.835. The van der Waals surface area contributed by atoms with E-state index in [9.17, 15) is 4.79 Å². The molecule has 6 heteroatoms. The van der Waals surface area contributed by atoms with Gasteiger partial charge in [0, 0.05) is 12.8 Å². The predicted molar refractivity (Wildman–Crippen MR) is 65.1 cm³/mol. The summed E-state index contributed by atoms with van der Waals surface area (Å²) in [5.74, 6) is 0.491. The summed E-state index contributed by atoms with van der Waals surface area (Å²) in [4.78, 5) is 11.3. The van der Waals surface area contributed by atoms with E-state index in [4.69, 9.17) is 4.74 Å². The van der Waals surface area contributed by atoms with E-state index in [1.807, 2.05) is 34.9 Å². The molecule has 6 nitrogen and oxygen atoms in total. The van der Waals surface area contributed by atoms with Crippen LogP contribution < -0.4 is 5.32 Å². The first kappa shape index (κ1) is 12.3. The molecule has 2 rings (SSSR count). The Hall–Kier alpha value is -2.21. The van der Waals surface area contributed by atoms with Crippen LogP contribution in [-0.2, 0) is 16.1 Å². The first-order chi connectivity index (χ1) is 8.81. The molecular weight excluding hydrogens is 232 g/mol. The number of hydrogen-bond donors (Lipinski definition) is 1. The van der Waals surface area contributed by atoms with Gasteiger partial charge in [0.05, 0.1) is 6.54 Å². The van der Waals surface area contributed by atoms with Gasteiger partial charge in [-0.05, 0) is 12.1 Å². The fourth-order valence-corrected chi connectivity index (χ4v) is 1.54. The third-order valence-corrected chi connectivity index (χ3v) is 2.37. The number of rotatable bonds is 5. The highest BCUT2D eigenvalue weighted by Crippen LogP contribution is 2.08. The van der Waals surface area contributed by atoms with Crippen molar-refractivity contribution in [1.29, 1.82) is 0 Å². The molecule has 0 saturated heterocycles. The number of ether oxygens (including phenoxy) is 1. The molecule has 0 bridgehead atoms. The third kappa shape index (κ3) is 2.92. The molecule has 1 amide bonds. The lowest BCUT2D eigenvalue weighted by molar-refractivity contribution is -0.124. The second-order valence-corrected chi connectivity index (χ2v) is 3.66. The van der Waals surface area contributed by atoms with Crippen LogP contribution in [-0.4, -0.2) is 34.4 Å². The Kier molecular flexibility index (Phi) is 4.03. The smallest absolute Gasteiger partial charge is 0.246 e. The number of carbonyl (C=O) groups is 1. The molecule has 94 valence electrons. The van der Waals surface area contributed by atoms with Crippen molar-refractivity contribution in [3.05, 3.63) is 42.5 Å². The van der Waals surface area contributed by atoms with Gasteiger partial charge in [-0.15, -0.1) is 10.2 Å². The summed E-state index contributed by atoms with van der Waals surface area (Å²) < 4.78 is 6.56. The molecule has 1 heterocycles. The van der Waals surface area contributed by atoms with Crippen molar-refractivity contribution in [3.8, 4) is 5.69 Å². The molecular formula is C12H14N4O2. The number of nitrogens with one attached hydrogen (secondary N) is 1. The van der Waals surface area contributed by atoms with Gasteiger partial charge in [0.2, 0.25) is 5.91 Å². The average Bonchev–Trinajstić information content (AvgIpc) is 2.86. The number of carbonyl (C=O) groups excluding carboxylic acids is 1. The van der Waals surface area contributed by atoms with Crippen LogP contribution in [0.4, 0.5) is 0 Å². The van der Waals surface area contributed by atoms with Gasteiger partial charge in [0.15, 0.2) is 5.82 Å². The van der Waals surface area contributed by atoms with Gasteiger partial charge in [-0.3, -0.25) is 9.36 Å². The summed E-state index contributed by atoms with van der Waals surface area (Å²) >= 11 is 0. The zero-order valence-electron chi connectivity index (χ0n) is 10.0. The van der Waals surface area contributed by atoms with Crippen LogP contribution in [0.25, 0.3) is 5.69 Å². The lowest BCUT2D eigenvalue weighted by atomic mass is 10.3. The highest BCUT2D eigenvalue weighted by molar-refractivity contribution is 5.77. The SMILES string of the molecule is COCC(=O)NCc1nncn1-c1ccccc1. The van der Waals surface area contributed by atoms with Gasteiger partial charge in [0.1, 0.15) is 12.9 Å². The number of amides is 1.